The Morgan fingerprint density at radius 2 is 2.09 bits per heavy atom. The lowest BCUT2D eigenvalue weighted by Crippen LogP contribution is -2.33. The Labute approximate surface area is 135 Å². The van der Waals surface area contributed by atoms with Gasteiger partial charge in [0.25, 0.3) is 0 Å². The van der Waals surface area contributed by atoms with Gasteiger partial charge in [0, 0.05) is 24.0 Å². The molecule has 1 aliphatic heterocycles. The van der Waals surface area contributed by atoms with Gasteiger partial charge in [-0.15, -0.1) is 0 Å². The van der Waals surface area contributed by atoms with Crippen LogP contribution < -0.4 is 9.64 Å². The minimum absolute atomic E-state index is 0.667. The van der Waals surface area contributed by atoms with Gasteiger partial charge in [-0.25, -0.2) is 9.97 Å². The number of hydrogen-bond donors (Lipinski definition) is 1. The maximum atomic E-state index is 5.62. The minimum Gasteiger partial charge on any atom is -0.494 e. The maximum Gasteiger partial charge on any atom is 0.156 e. The molecule has 2 aromatic heterocycles. The van der Waals surface area contributed by atoms with Gasteiger partial charge in [0.05, 0.1) is 6.61 Å². The van der Waals surface area contributed by atoms with Crippen LogP contribution in [0.3, 0.4) is 0 Å². The second kappa shape index (κ2) is 5.72. The number of fused-ring (bicyclic) bond motifs is 3. The Balaban J connectivity index is 1.82. The van der Waals surface area contributed by atoms with Crippen LogP contribution in [0.1, 0.15) is 26.7 Å². The van der Waals surface area contributed by atoms with Crippen molar-refractivity contribution in [1.29, 1.82) is 0 Å². The second-order valence-corrected chi connectivity index (χ2v) is 6.36. The van der Waals surface area contributed by atoms with Crippen molar-refractivity contribution in [2.24, 2.45) is 5.92 Å². The van der Waals surface area contributed by atoms with Crippen LogP contribution >= 0.6 is 0 Å². The van der Waals surface area contributed by atoms with Crippen molar-refractivity contribution in [2.45, 2.75) is 26.7 Å². The Morgan fingerprint density at radius 1 is 1.26 bits per heavy atom. The molecule has 1 N–H and O–H groups in total. The highest BCUT2D eigenvalue weighted by atomic mass is 16.5. The lowest BCUT2D eigenvalue weighted by Gasteiger charge is -2.31. The molecule has 0 unspecified atom stereocenters. The van der Waals surface area contributed by atoms with Gasteiger partial charge >= 0.3 is 0 Å². The van der Waals surface area contributed by atoms with Crippen molar-refractivity contribution in [3.05, 3.63) is 24.5 Å². The highest BCUT2D eigenvalue weighted by Gasteiger charge is 2.20. The molecule has 4 rings (SSSR count). The van der Waals surface area contributed by atoms with Crippen molar-refractivity contribution in [1.82, 2.24) is 15.0 Å². The first-order valence-electron chi connectivity index (χ1n) is 8.40. The number of anilines is 1. The molecule has 23 heavy (non-hydrogen) atoms. The van der Waals surface area contributed by atoms with Crippen molar-refractivity contribution in [3.8, 4) is 5.75 Å². The Hall–Kier alpha value is -2.30. The van der Waals surface area contributed by atoms with E-state index in [-0.39, 0.29) is 0 Å². The molecule has 0 spiro atoms. The summed E-state index contributed by atoms with van der Waals surface area (Å²) in [6, 6.07) is 6.12. The van der Waals surface area contributed by atoms with E-state index >= 15 is 0 Å². The predicted octanol–water partition coefficient (Wildman–Crippen LogP) is 3.75. The molecule has 1 saturated heterocycles. The normalized spacial score (nSPS) is 16.3. The van der Waals surface area contributed by atoms with Crippen LogP contribution in [0.4, 0.5) is 5.82 Å². The number of hydrogen-bond acceptors (Lipinski definition) is 4. The summed E-state index contributed by atoms with van der Waals surface area (Å²) >= 11 is 0. The van der Waals surface area contributed by atoms with E-state index in [1.807, 2.05) is 13.0 Å². The van der Waals surface area contributed by atoms with Crippen molar-refractivity contribution < 1.29 is 4.74 Å². The average molecular weight is 310 g/mol. The van der Waals surface area contributed by atoms with E-state index in [1.165, 1.54) is 12.8 Å². The smallest absolute Gasteiger partial charge is 0.156 e. The van der Waals surface area contributed by atoms with Gasteiger partial charge < -0.3 is 14.6 Å². The number of nitrogens with zero attached hydrogens (tertiary/aromatic N) is 3. The van der Waals surface area contributed by atoms with Crippen LogP contribution in [0.25, 0.3) is 21.9 Å². The number of aromatic nitrogens is 3. The SMILES string of the molecule is CCOc1ccc2[nH]c3c(N4CCC(C)CC4)ncnc3c2c1. The average Bonchev–Trinajstić information content (AvgIpc) is 2.94. The molecule has 3 aromatic rings. The van der Waals surface area contributed by atoms with Crippen LogP contribution in [0.2, 0.25) is 0 Å². The molecule has 5 heteroatoms. The zero-order chi connectivity index (χ0) is 15.8. The van der Waals surface area contributed by atoms with E-state index in [0.717, 1.165) is 52.5 Å². The summed E-state index contributed by atoms with van der Waals surface area (Å²) in [5.41, 5.74) is 3.09. The fourth-order valence-electron chi connectivity index (χ4n) is 3.38. The van der Waals surface area contributed by atoms with Gasteiger partial charge in [-0.3, -0.25) is 0 Å². The minimum atomic E-state index is 0.667. The summed E-state index contributed by atoms with van der Waals surface area (Å²) in [6.45, 7) is 7.11. The standard InChI is InChI=1S/C18H22N4O/c1-3-23-13-4-5-15-14(10-13)16-17(21-15)18(20-11-19-16)22-8-6-12(2)7-9-22/h4-5,10-12,21H,3,6-9H2,1-2H3. The number of piperidine rings is 1. The van der Waals surface area contributed by atoms with E-state index in [9.17, 15) is 0 Å². The van der Waals surface area contributed by atoms with E-state index in [1.54, 1.807) is 6.33 Å². The summed E-state index contributed by atoms with van der Waals surface area (Å²) in [5, 5.41) is 1.10. The second-order valence-electron chi connectivity index (χ2n) is 6.36. The molecule has 1 aliphatic rings. The van der Waals surface area contributed by atoms with Crippen LogP contribution in [-0.4, -0.2) is 34.6 Å². The van der Waals surface area contributed by atoms with Crippen LogP contribution in [-0.2, 0) is 0 Å². The highest BCUT2D eigenvalue weighted by Crippen LogP contribution is 2.32. The van der Waals surface area contributed by atoms with Gasteiger partial charge in [-0.1, -0.05) is 6.92 Å². The van der Waals surface area contributed by atoms with Gasteiger partial charge in [-0.2, -0.15) is 0 Å². The summed E-state index contributed by atoms with van der Waals surface area (Å²) in [6.07, 6.45) is 4.12. The molecule has 0 radical (unpaired) electrons. The van der Waals surface area contributed by atoms with E-state index in [4.69, 9.17) is 4.74 Å². The third kappa shape index (κ3) is 2.50. The molecule has 0 aliphatic carbocycles. The summed E-state index contributed by atoms with van der Waals surface area (Å²) in [5.74, 6) is 2.71. The van der Waals surface area contributed by atoms with Crippen LogP contribution in [0.15, 0.2) is 24.5 Å². The number of rotatable bonds is 3. The number of H-pyrrole nitrogens is 1. The first-order valence-corrected chi connectivity index (χ1v) is 8.40. The predicted molar refractivity (Wildman–Crippen MR) is 93.2 cm³/mol. The lowest BCUT2D eigenvalue weighted by molar-refractivity contribution is 0.341. The molecule has 0 saturated carbocycles. The molecule has 1 aromatic carbocycles. The number of nitrogens with one attached hydrogen (secondary N) is 1. The number of ether oxygens (including phenoxy) is 1. The number of aromatic amines is 1. The van der Waals surface area contributed by atoms with Gasteiger partial charge in [0.1, 0.15) is 23.1 Å². The maximum absolute atomic E-state index is 5.62. The molecule has 0 amide bonds. The zero-order valence-corrected chi connectivity index (χ0v) is 13.7. The molecule has 120 valence electrons. The molecule has 3 heterocycles. The summed E-state index contributed by atoms with van der Waals surface area (Å²) < 4.78 is 5.62. The quantitative estimate of drug-likeness (QED) is 0.800. The third-order valence-electron chi connectivity index (χ3n) is 4.73. The third-order valence-corrected chi connectivity index (χ3v) is 4.73. The molecule has 5 nitrogen and oxygen atoms in total. The van der Waals surface area contributed by atoms with E-state index < -0.39 is 0 Å². The van der Waals surface area contributed by atoms with Gasteiger partial charge in [0.15, 0.2) is 5.82 Å². The fourth-order valence-corrected chi connectivity index (χ4v) is 3.38. The fraction of sp³-hybridized carbons (Fsp3) is 0.444. The molecule has 0 bridgehead atoms. The molecule has 0 atom stereocenters. The Bertz CT molecular complexity index is 834. The zero-order valence-electron chi connectivity index (χ0n) is 13.7. The topological polar surface area (TPSA) is 54.0 Å². The first-order chi connectivity index (χ1) is 11.3. The molecular formula is C18H22N4O. The van der Waals surface area contributed by atoms with E-state index in [0.29, 0.717) is 6.61 Å². The molecule has 1 fully saturated rings. The van der Waals surface area contributed by atoms with Gasteiger partial charge in [-0.05, 0) is 43.9 Å². The summed E-state index contributed by atoms with van der Waals surface area (Å²) in [4.78, 5) is 15.0. The van der Waals surface area contributed by atoms with Crippen LogP contribution in [0.5, 0.6) is 5.75 Å². The first kappa shape index (κ1) is 14.3. The highest BCUT2D eigenvalue weighted by molar-refractivity contribution is 6.08. The van der Waals surface area contributed by atoms with Crippen molar-refractivity contribution >= 4 is 27.8 Å². The van der Waals surface area contributed by atoms with E-state index in [2.05, 4.69) is 38.9 Å². The number of benzene rings is 1. The van der Waals surface area contributed by atoms with Gasteiger partial charge in [0.2, 0.25) is 0 Å². The molecular weight excluding hydrogens is 288 g/mol. The van der Waals surface area contributed by atoms with Crippen LogP contribution in [0, 0.1) is 5.92 Å². The lowest BCUT2D eigenvalue weighted by atomic mass is 9.99. The monoisotopic (exact) mass is 310 g/mol. The van der Waals surface area contributed by atoms with Crippen molar-refractivity contribution in [2.75, 3.05) is 24.6 Å². The van der Waals surface area contributed by atoms with Crippen molar-refractivity contribution in [3.63, 3.8) is 0 Å². The Morgan fingerprint density at radius 3 is 2.87 bits per heavy atom. The largest absolute Gasteiger partial charge is 0.494 e. The Kier molecular flexibility index (Phi) is 3.56. The summed E-state index contributed by atoms with van der Waals surface area (Å²) in [7, 11) is 0.